The summed E-state index contributed by atoms with van der Waals surface area (Å²) >= 11 is 5.93. The van der Waals surface area contributed by atoms with E-state index in [9.17, 15) is 0 Å². The molecule has 0 aliphatic carbocycles. The highest BCUT2D eigenvalue weighted by Gasteiger charge is 2.13. The van der Waals surface area contributed by atoms with Crippen LogP contribution in [0.15, 0.2) is 22.7 Å². The zero-order valence-electron chi connectivity index (χ0n) is 9.31. The van der Waals surface area contributed by atoms with Gasteiger partial charge in [-0.2, -0.15) is 4.98 Å². The van der Waals surface area contributed by atoms with Crippen molar-refractivity contribution in [2.24, 2.45) is 5.73 Å². The van der Waals surface area contributed by atoms with Crippen LogP contribution >= 0.6 is 11.6 Å². The Hall–Kier alpha value is -1.59. The summed E-state index contributed by atoms with van der Waals surface area (Å²) in [6.07, 6.45) is 0.576. The smallest absolute Gasteiger partial charge is 0.261 e. The lowest BCUT2D eigenvalue weighted by molar-refractivity contribution is 0.403. The molecule has 0 atom stereocenters. The Morgan fingerprint density at radius 1 is 1.47 bits per heavy atom. The van der Waals surface area contributed by atoms with Gasteiger partial charge in [-0.05, 0) is 24.7 Å². The predicted molar refractivity (Wildman–Crippen MR) is 64.1 cm³/mol. The first kappa shape index (κ1) is 11.9. The topological polar surface area (TPSA) is 74.2 Å². The Morgan fingerprint density at radius 2 is 2.29 bits per heavy atom. The first-order valence-corrected chi connectivity index (χ1v) is 5.49. The SMILES string of the molecule is COc1ccc(Cl)cc1-c1nc(CCN)no1. The first-order chi connectivity index (χ1) is 8.24. The van der Waals surface area contributed by atoms with E-state index in [-0.39, 0.29) is 0 Å². The molecule has 17 heavy (non-hydrogen) atoms. The van der Waals surface area contributed by atoms with Crippen LogP contribution in [0.5, 0.6) is 5.75 Å². The predicted octanol–water partition coefficient (Wildman–Crippen LogP) is 1.90. The van der Waals surface area contributed by atoms with Gasteiger partial charge in [0.15, 0.2) is 5.82 Å². The van der Waals surface area contributed by atoms with Crippen LogP contribution in [0.25, 0.3) is 11.5 Å². The fourth-order valence-electron chi connectivity index (χ4n) is 1.44. The van der Waals surface area contributed by atoms with E-state index in [0.29, 0.717) is 41.0 Å². The van der Waals surface area contributed by atoms with Gasteiger partial charge in [0.05, 0.1) is 12.7 Å². The molecule has 1 aromatic heterocycles. The second kappa shape index (κ2) is 5.16. The lowest BCUT2D eigenvalue weighted by Crippen LogP contribution is -2.03. The van der Waals surface area contributed by atoms with Gasteiger partial charge in [-0.3, -0.25) is 0 Å². The van der Waals surface area contributed by atoms with Crippen molar-refractivity contribution in [1.82, 2.24) is 10.1 Å². The third-order valence-electron chi connectivity index (χ3n) is 2.23. The molecule has 0 bridgehead atoms. The van der Waals surface area contributed by atoms with Gasteiger partial charge >= 0.3 is 0 Å². The van der Waals surface area contributed by atoms with Gasteiger partial charge in [0.25, 0.3) is 5.89 Å². The molecule has 0 saturated carbocycles. The highest BCUT2D eigenvalue weighted by Crippen LogP contribution is 2.31. The van der Waals surface area contributed by atoms with Crippen molar-refractivity contribution in [2.45, 2.75) is 6.42 Å². The van der Waals surface area contributed by atoms with Crippen molar-refractivity contribution >= 4 is 11.6 Å². The lowest BCUT2D eigenvalue weighted by Gasteiger charge is -2.04. The van der Waals surface area contributed by atoms with Gasteiger partial charge < -0.3 is 15.0 Å². The number of nitrogens with two attached hydrogens (primary N) is 1. The van der Waals surface area contributed by atoms with Crippen molar-refractivity contribution in [3.05, 3.63) is 29.0 Å². The minimum absolute atomic E-state index is 0.382. The second-order valence-electron chi connectivity index (χ2n) is 3.40. The molecule has 90 valence electrons. The summed E-state index contributed by atoms with van der Waals surface area (Å²) in [5.74, 6) is 1.59. The van der Waals surface area contributed by atoms with Crippen LogP contribution < -0.4 is 10.5 Å². The highest BCUT2D eigenvalue weighted by atomic mass is 35.5. The Kier molecular flexibility index (Phi) is 3.61. The van der Waals surface area contributed by atoms with E-state index in [1.807, 2.05) is 0 Å². The molecular formula is C11H12ClN3O2. The van der Waals surface area contributed by atoms with E-state index in [0.717, 1.165) is 0 Å². The molecule has 2 rings (SSSR count). The van der Waals surface area contributed by atoms with Crippen LogP contribution in [0.2, 0.25) is 5.02 Å². The molecule has 0 amide bonds. The molecule has 0 unspecified atom stereocenters. The van der Waals surface area contributed by atoms with Crippen LogP contribution in [0.1, 0.15) is 5.82 Å². The van der Waals surface area contributed by atoms with Crippen LogP contribution in [0.4, 0.5) is 0 Å². The van der Waals surface area contributed by atoms with Gasteiger partial charge in [-0.15, -0.1) is 0 Å². The number of hydrogen-bond donors (Lipinski definition) is 1. The quantitative estimate of drug-likeness (QED) is 0.901. The van der Waals surface area contributed by atoms with Gasteiger partial charge in [0, 0.05) is 11.4 Å². The Morgan fingerprint density at radius 3 is 3.00 bits per heavy atom. The number of nitrogens with zero attached hydrogens (tertiary/aromatic N) is 2. The molecule has 0 saturated heterocycles. The van der Waals surface area contributed by atoms with Crippen LogP contribution in [-0.2, 0) is 6.42 Å². The molecule has 0 fully saturated rings. The third kappa shape index (κ3) is 2.57. The molecule has 2 aromatic rings. The van der Waals surface area contributed by atoms with Crippen molar-refractivity contribution in [1.29, 1.82) is 0 Å². The highest BCUT2D eigenvalue weighted by molar-refractivity contribution is 6.30. The zero-order valence-corrected chi connectivity index (χ0v) is 10.1. The summed E-state index contributed by atoms with van der Waals surface area (Å²) in [5.41, 5.74) is 6.10. The maximum absolute atomic E-state index is 5.93. The van der Waals surface area contributed by atoms with Gasteiger partial charge in [-0.25, -0.2) is 0 Å². The fourth-order valence-corrected chi connectivity index (χ4v) is 1.61. The summed E-state index contributed by atoms with van der Waals surface area (Å²) in [7, 11) is 1.57. The second-order valence-corrected chi connectivity index (χ2v) is 3.84. The normalized spacial score (nSPS) is 10.5. The number of hydrogen-bond acceptors (Lipinski definition) is 5. The lowest BCUT2D eigenvalue weighted by atomic mass is 10.2. The monoisotopic (exact) mass is 253 g/mol. The van der Waals surface area contributed by atoms with E-state index in [1.54, 1.807) is 25.3 Å². The number of methoxy groups -OCH3 is 1. The maximum atomic E-state index is 5.93. The average molecular weight is 254 g/mol. The summed E-state index contributed by atoms with van der Waals surface area (Å²) in [4.78, 5) is 4.22. The first-order valence-electron chi connectivity index (χ1n) is 5.11. The average Bonchev–Trinajstić information content (AvgIpc) is 2.78. The van der Waals surface area contributed by atoms with E-state index in [4.69, 9.17) is 26.6 Å². The Bertz CT molecular complexity index is 513. The van der Waals surface area contributed by atoms with Gasteiger partial charge in [-0.1, -0.05) is 16.8 Å². The summed E-state index contributed by atoms with van der Waals surface area (Å²) < 4.78 is 10.4. The van der Waals surface area contributed by atoms with E-state index in [1.165, 1.54) is 0 Å². The fraction of sp³-hybridized carbons (Fsp3) is 0.273. The Labute approximate surface area is 104 Å². The van der Waals surface area contributed by atoms with Crippen LogP contribution in [-0.4, -0.2) is 23.8 Å². The van der Waals surface area contributed by atoms with Gasteiger partial charge in [0.1, 0.15) is 5.75 Å². The molecule has 0 aliphatic rings. The summed E-state index contributed by atoms with van der Waals surface area (Å²) in [5, 5.41) is 4.41. The minimum atomic E-state index is 0.382. The maximum Gasteiger partial charge on any atom is 0.261 e. The third-order valence-corrected chi connectivity index (χ3v) is 2.46. The minimum Gasteiger partial charge on any atom is -0.496 e. The molecule has 1 aromatic carbocycles. The van der Waals surface area contributed by atoms with Crippen molar-refractivity contribution in [3.63, 3.8) is 0 Å². The van der Waals surface area contributed by atoms with E-state index >= 15 is 0 Å². The number of benzene rings is 1. The number of halogens is 1. The molecule has 6 heteroatoms. The summed E-state index contributed by atoms with van der Waals surface area (Å²) in [6, 6.07) is 5.21. The van der Waals surface area contributed by atoms with Crippen LogP contribution in [0, 0.1) is 0 Å². The van der Waals surface area contributed by atoms with E-state index in [2.05, 4.69) is 10.1 Å². The van der Waals surface area contributed by atoms with Crippen LogP contribution in [0.3, 0.4) is 0 Å². The number of aromatic nitrogens is 2. The largest absolute Gasteiger partial charge is 0.496 e. The Balaban J connectivity index is 2.40. The number of rotatable bonds is 4. The van der Waals surface area contributed by atoms with Crippen molar-refractivity contribution in [2.75, 3.05) is 13.7 Å². The van der Waals surface area contributed by atoms with E-state index < -0.39 is 0 Å². The molecule has 0 aliphatic heterocycles. The molecular weight excluding hydrogens is 242 g/mol. The standard InChI is InChI=1S/C11H12ClN3O2/c1-16-9-3-2-7(12)6-8(9)11-14-10(4-5-13)15-17-11/h2-3,6H,4-5,13H2,1H3. The number of ether oxygens (including phenoxy) is 1. The van der Waals surface area contributed by atoms with Crippen molar-refractivity contribution in [3.8, 4) is 17.2 Å². The summed E-state index contributed by atoms with van der Waals surface area (Å²) in [6.45, 7) is 0.478. The molecule has 0 spiro atoms. The molecule has 5 nitrogen and oxygen atoms in total. The molecule has 1 heterocycles. The molecule has 0 radical (unpaired) electrons. The van der Waals surface area contributed by atoms with Gasteiger partial charge in [0.2, 0.25) is 0 Å². The zero-order chi connectivity index (χ0) is 12.3. The molecule has 2 N–H and O–H groups in total. The van der Waals surface area contributed by atoms with Crippen molar-refractivity contribution < 1.29 is 9.26 Å².